The molecule has 2 unspecified atom stereocenters. The average Bonchev–Trinajstić information content (AvgIpc) is 3.19. The van der Waals surface area contributed by atoms with E-state index in [1.807, 2.05) is 0 Å². The first kappa shape index (κ1) is 29.5. The third-order valence-corrected chi connectivity index (χ3v) is 19.9. The zero-order valence-electron chi connectivity index (χ0n) is 21.1. The number of halogens is 2. The van der Waals surface area contributed by atoms with E-state index in [0.717, 1.165) is 7.35 Å². The van der Waals surface area contributed by atoms with E-state index in [1.54, 1.807) is 21.8 Å². The van der Waals surface area contributed by atoms with E-state index in [-0.39, 0.29) is 40.7 Å². The van der Waals surface area contributed by atoms with Crippen LogP contribution in [-0.2, 0) is 22.9 Å². The van der Waals surface area contributed by atoms with Crippen LogP contribution in [0, 0.1) is 0 Å². The minimum absolute atomic E-state index is 0. The van der Waals surface area contributed by atoms with Gasteiger partial charge in [0, 0.05) is 0 Å². The summed E-state index contributed by atoms with van der Waals surface area (Å²) in [7, 11) is -0.305. The Bertz CT molecular complexity index is 1030. The van der Waals surface area contributed by atoms with Crippen molar-refractivity contribution in [2.24, 2.45) is 0 Å². The molecule has 0 radical (unpaired) electrons. The van der Waals surface area contributed by atoms with E-state index in [9.17, 15) is 0 Å². The number of hydrogen-bond donors (Lipinski definition) is 0. The first-order valence-corrected chi connectivity index (χ1v) is 19.1. The second-order valence-electron chi connectivity index (χ2n) is 11.0. The van der Waals surface area contributed by atoms with Crippen molar-refractivity contribution in [1.82, 2.24) is 0 Å². The van der Waals surface area contributed by atoms with Gasteiger partial charge in [0.1, 0.15) is 0 Å². The zero-order valence-corrected chi connectivity index (χ0v) is 28.0. The standard InChI is InChI=1S/C17H24P.C11H12P.2ClH.Hf/c1-16(2,3)18(17(4,5)6)15-11-13-9-7-8-10-14(13)12-15;1-12(2)11-7-9-5-3-4-6-10(9)8-11;;;/h7-12H,1-6H3;3-8H,1-2H3;2*1H;/q;;;;+2/p-2. The SMILES string of the molecule is CP(C)C1=Cc2ccccc2[CH]1[Hf+2][CH]1C(P(C(C)(C)C)C(C)(C)C)=Cc2ccccc21.[Cl-].[Cl-]. The van der Waals surface area contributed by atoms with Crippen LogP contribution in [0.25, 0.3) is 12.2 Å². The van der Waals surface area contributed by atoms with Gasteiger partial charge in [-0.25, -0.2) is 0 Å². The number of benzene rings is 2. The molecule has 0 saturated heterocycles. The van der Waals surface area contributed by atoms with Crippen LogP contribution in [0.3, 0.4) is 0 Å². The molecule has 33 heavy (non-hydrogen) atoms. The third kappa shape index (κ3) is 5.97. The minimum atomic E-state index is -1.12. The molecule has 0 nitrogen and oxygen atoms in total. The van der Waals surface area contributed by atoms with E-state index >= 15 is 0 Å². The molecule has 0 fully saturated rings. The van der Waals surface area contributed by atoms with Crippen LogP contribution in [0.4, 0.5) is 0 Å². The predicted molar refractivity (Wildman–Crippen MR) is 140 cm³/mol. The zero-order chi connectivity index (χ0) is 22.6. The summed E-state index contributed by atoms with van der Waals surface area (Å²) in [6, 6.07) is 18.6. The molecule has 5 heteroatoms. The quantitative estimate of drug-likeness (QED) is 0.344. The largest absolute Gasteiger partial charge is 1.00 e. The Morgan fingerprint density at radius 3 is 1.45 bits per heavy atom. The summed E-state index contributed by atoms with van der Waals surface area (Å²) in [6.45, 7) is 19.8. The molecule has 0 heterocycles. The van der Waals surface area contributed by atoms with Gasteiger partial charge >= 0.3 is 205 Å². The molecule has 0 N–H and O–H groups in total. The monoisotopic (exact) mass is 684 g/mol. The van der Waals surface area contributed by atoms with Gasteiger partial charge in [-0.05, 0) is 0 Å². The normalized spacial score (nSPS) is 19.2. The van der Waals surface area contributed by atoms with E-state index in [2.05, 4.69) is 116 Å². The van der Waals surface area contributed by atoms with Crippen LogP contribution < -0.4 is 24.8 Å². The maximum absolute atomic E-state index is 2.63. The summed E-state index contributed by atoms with van der Waals surface area (Å²) in [5.74, 6) is 0. The molecule has 0 aliphatic heterocycles. The topological polar surface area (TPSA) is 0 Å². The maximum Gasteiger partial charge on any atom is -1.00 e. The van der Waals surface area contributed by atoms with Crippen molar-refractivity contribution in [3.05, 3.63) is 81.4 Å². The second-order valence-corrected chi connectivity index (χ2v) is 22.5. The number of allylic oxidation sites excluding steroid dienone is 2. The Morgan fingerprint density at radius 2 is 1.03 bits per heavy atom. The number of hydrogen-bond acceptors (Lipinski definition) is 0. The Kier molecular flexibility index (Phi) is 9.90. The molecule has 2 atom stereocenters. The van der Waals surface area contributed by atoms with E-state index in [0.29, 0.717) is 10.3 Å². The molecule has 0 saturated carbocycles. The first-order chi connectivity index (χ1) is 14.5. The Morgan fingerprint density at radius 1 is 0.636 bits per heavy atom. The molecule has 176 valence electrons. The Balaban J connectivity index is 0.00000193. The summed E-state index contributed by atoms with van der Waals surface area (Å²) in [5, 5.41) is 4.20. The van der Waals surface area contributed by atoms with Crippen LogP contribution in [0.5, 0.6) is 0 Å². The summed E-state index contributed by atoms with van der Waals surface area (Å²) < 4.78 is 1.46. The predicted octanol–water partition coefficient (Wildman–Crippen LogP) is 3.09. The van der Waals surface area contributed by atoms with Gasteiger partial charge in [0.25, 0.3) is 0 Å². The van der Waals surface area contributed by atoms with Gasteiger partial charge in [-0.3, -0.25) is 0 Å². The van der Waals surface area contributed by atoms with Crippen LogP contribution in [-0.4, -0.2) is 23.6 Å². The van der Waals surface area contributed by atoms with Gasteiger partial charge in [0.05, 0.1) is 0 Å². The van der Waals surface area contributed by atoms with Crippen LogP contribution in [0.1, 0.15) is 71.1 Å². The van der Waals surface area contributed by atoms with Crippen LogP contribution in [0.2, 0.25) is 0 Å². The summed E-state index contributed by atoms with van der Waals surface area (Å²) in [4.78, 5) is 0. The van der Waals surface area contributed by atoms with Gasteiger partial charge in [0.2, 0.25) is 0 Å². The first-order valence-electron chi connectivity index (χ1n) is 11.3. The Labute approximate surface area is 228 Å². The van der Waals surface area contributed by atoms with Crippen molar-refractivity contribution in [3.63, 3.8) is 0 Å². The third-order valence-electron chi connectivity index (χ3n) is 6.26. The smallest absolute Gasteiger partial charge is 1.00 e. The molecule has 4 rings (SSSR count). The van der Waals surface area contributed by atoms with Gasteiger partial charge in [-0.15, -0.1) is 0 Å². The summed E-state index contributed by atoms with van der Waals surface area (Å²) in [6.07, 6.45) is 5.18. The van der Waals surface area contributed by atoms with Crippen molar-refractivity contribution in [2.45, 2.75) is 59.2 Å². The van der Waals surface area contributed by atoms with E-state index < -0.39 is 22.9 Å². The summed E-state index contributed by atoms with van der Waals surface area (Å²) in [5.41, 5.74) is 6.28. The molecular weight excluding hydrogens is 648 g/mol. The average molecular weight is 684 g/mol. The Hall–Kier alpha value is 0.230. The van der Waals surface area contributed by atoms with Crippen LogP contribution in [0.15, 0.2) is 59.2 Å². The molecular formula is C28H36Cl2HfP2. The molecule has 0 aromatic heterocycles. The summed E-state index contributed by atoms with van der Waals surface area (Å²) >= 11 is -1.12. The second kappa shape index (κ2) is 11.1. The van der Waals surface area contributed by atoms with Gasteiger partial charge < -0.3 is 24.8 Å². The van der Waals surface area contributed by atoms with Gasteiger partial charge in [-0.2, -0.15) is 0 Å². The van der Waals surface area contributed by atoms with Crippen molar-refractivity contribution in [3.8, 4) is 0 Å². The molecule has 0 amide bonds. The molecule has 2 aromatic rings. The molecule has 0 bridgehead atoms. The van der Waals surface area contributed by atoms with E-state index in [4.69, 9.17) is 0 Å². The molecule has 2 aliphatic rings. The maximum atomic E-state index is 2.63. The van der Waals surface area contributed by atoms with Crippen molar-refractivity contribution in [1.29, 1.82) is 0 Å². The molecule has 2 aromatic carbocycles. The van der Waals surface area contributed by atoms with Crippen molar-refractivity contribution >= 4 is 28.0 Å². The minimum Gasteiger partial charge on any atom is -1.00 e. The number of fused-ring (bicyclic) bond motifs is 2. The van der Waals surface area contributed by atoms with Crippen molar-refractivity contribution in [2.75, 3.05) is 13.3 Å². The fourth-order valence-electron chi connectivity index (χ4n) is 5.49. The number of rotatable bonds is 4. The fourth-order valence-corrected chi connectivity index (χ4v) is 22.4. The van der Waals surface area contributed by atoms with E-state index in [1.165, 1.54) is 11.1 Å². The molecule has 0 spiro atoms. The van der Waals surface area contributed by atoms with Gasteiger partial charge in [0.15, 0.2) is 0 Å². The fraction of sp³-hybridized carbons (Fsp3) is 0.429. The van der Waals surface area contributed by atoms with Gasteiger partial charge in [-0.1, -0.05) is 0 Å². The molecule has 2 aliphatic carbocycles. The van der Waals surface area contributed by atoms with Crippen molar-refractivity contribution < 1.29 is 47.7 Å². The van der Waals surface area contributed by atoms with Crippen LogP contribution >= 0.6 is 15.8 Å².